The molecule has 0 heterocycles. The van der Waals surface area contributed by atoms with Crippen molar-refractivity contribution in [3.8, 4) is 11.1 Å². The predicted molar refractivity (Wildman–Crippen MR) is 98.6 cm³/mol. The summed E-state index contributed by atoms with van der Waals surface area (Å²) in [6, 6.07) is 21.9. The Morgan fingerprint density at radius 2 is 1.68 bits per heavy atom. The molecule has 0 aliphatic rings. The highest BCUT2D eigenvalue weighted by Crippen LogP contribution is 2.28. The Labute approximate surface area is 150 Å². The zero-order valence-corrected chi connectivity index (χ0v) is 13.9. The van der Waals surface area contributed by atoms with Crippen molar-refractivity contribution in [1.82, 2.24) is 0 Å². The summed E-state index contributed by atoms with van der Waals surface area (Å²) in [7, 11) is 0. The van der Waals surface area contributed by atoms with Gasteiger partial charge in [-0.25, -0.2) is 0 Å². The molecule has 4 nitrogen and oxygen atoms in total. The summed E-state index contributed by atoms with van der Waals surface area (Å²) >= 11 is 5.85. The molecule has 0 bridgehead atoms. The van der Waals surface area contributed by atoms with Crippen LogP contribution in [0.2, 0.25) is 5.02 Å². The van der Waals surface area contributed by atoms with Crippen LogP contribution < -0.4 is 11.1 Å². The number of halogens is 1. The number of carbonyl (C=O) groups is 2. The van der Waals surface area contributed by atoms with E-state index in [1.54, 1.807) is 48.5 Å². The average Bonchev–Trinajstić information content (AvgIpc) is 2.63. The van der Waals surface area contributed by atoms with Crippen LogP contribution in [0.5, 0.6) is 0 Å². The van der Waals surface area contributed by atoms with Gasteiger partial charge in [0, 0.05) is 27.4 Å². The lowest BCUT2D eigenvalue weighted by Crippen LogP contribution is -2.13. The van der Waals surface area contributed by atoms with Gasteiger partial charge in [0.05, 0.1) is 0 Å². The first kappa shape index (κ1) is 16.7. The van der Waals surface area contributed by atoms with E-state index in [0.29, 0.717) is 27.4 Å². The van der Waals surface area contributed by atoms with Crippen molar-refractivity contribution in [3.05, 3.63) is 88.9 Å². The molecule has 1 radical (unpaired) electrons. The first-order valence-corrected chi connectivity index (χ1v) is 7.90. The van der Waals surface area contributed by atoms with Gasteiger partial charge in [0.1, 0.15) is 0 Å². The van der Waals surface area contributed by atoms with Gasteiger partial charge in [0.15, 0.2) is 0 Å². The second-order valence-corrected chi connectivity index (χ2v) is 5.80. The van der Waals surface area contributed by atoms with Crippen LogP contribution in [0.15, 0.2) is 66.7 Å². The smallest absolute Gasteiger partial charge is 0.255 e. The maximum Gasteiger partial charge on any atom is 0.255 e. The number of hydrogen-bond donors (Lipinski definition) is 2. The zero-order chi connectivity index (χ0) is 17.8. The highest BCUT2D eigenvalue weighted by Gasteiger charge is 2.11. The molecule has 123 valence electrons. The largest absolute Gasteiger partial charge is 0.366 e. The van der Waals surface area contributed by atoms with Crippen LogP contribution in [-0.2, 0) is 0 Å². The topological polar surface area (TPSA) is 72.2 Å². The van der Waals surface area contributed by atoms with E-state index < -0.39 is 5.91 Å². The third kappa shape index (κ3) is 3.87. The van der Waals surface area contributed by atoms with Crippen molar-refractivity contribution in [2.75, 3.05) is 5.32 Å². The third-order valence-electron chi connectivity index (χ3n) is 3.66. The lowest BCUT2D eigenvalue weighted by atomic mass is 10.0. The van der Waals surface area contributed by atoms with E-state index in [1.807, 2.05) is 18.2 Å². The number of benzene rings is 3. The molecule has 0 unspecified atom stereocenters. The molecule has 0 spiro atoms. The van der Waals surface area contributed by atoms with Crippen LogP contribution >= 0.6 is 11.6 Å². The summed E-state index contributed by atoms with van der Waals surface area (Å²) in [6.45, 7) is 0. The fourth-order valence-corrected chi connectivity index (χ4v) is 2.52. The summed E-state index contributed by atoms with van der Waals surface area (Å²) in [4.78, 5) is 23.8. The monoisotopic (exact) mass is 349 g/mol. The van der Waals surface area contributed by atoms with Gasteiger partial charge in [-0.05, 0) is 54.1 Å². The van der Waals surface area contributed by atoms with Gasteiger partial charge in [-0.1, -0.05) is 35.9 Å². The lowest BCUT2D eigenvalue weighted by molar-refractivity contribution is 0.0997. The van der Waals surface area contributed by atoms with Gasteiger partial charge < -0.3 is 11.1 Å². The maximum atomic E-state index is 12.4. The van der Waals surface area contributed by atoms with Crippen LogP contribution in [-0.4, -0.2) is 11.8 Å². The fraction of sp³-hybridized carbons (Fsp3) is 0. The standard InChI is InChI=1S/C20H14ClN2O2/c21-16-10-8-13(9-11-16)20(25)23-18-7-2-1-6-17(18)14-4-3-5-15(12-14)19(22)24/h1-3,5-12H,(H2,22,24)(H,23,25). The Bertz CT molecular complexity index is 936. The van der Waals surface area contributed by atoms with Crippen LogP contribution in [0.4, 0.5) is 5.69 Å². The molecule has 5 heteroatoms. The molecule has 0 atom stereocenters. The van der Waals surface area contributed by atoms with Crippen molar-refractivity contribution >= 4 is 29.1 Å². The van der Waals surface area contributed by atoms with Crippen molar-refractivity contribution in [2.45, 2.75) is 0 Å². The molecular formula is C20H14ClN2O2. The summed E-state index contributed by atoms with van der Waals surface area (Å²) in [6.07, 6.45) is 0. The molecule has 0 aliphatic carbocycles. The summed E-state index contributed by atoms with van der Waals surface area (Å²) < 4.78 is 0. The zero-order valence-electron chi connectivity index (χ0n) is 13.1. The highest BCUT2D eigenvalue weighted by molar-refractivity contribution is 6.30. The first-order valence-electron chi connectivity index (χ1n) is 7.52. The van der Waals surface area contributed by atoms with Crippen molar-refractivity contribution in [3.63, 3.8) is 0 Å². The number of nitrogens with one attached hydrogen (secondary N) is 1. The summed E-state index contributed by atoms with van der Waals surface area (Å²) in [5.41, 5.74) is 8.24. The Morgan fingerprint density at radius 1 is 0.960 bits per heavy atom. The molecule has 0 aliphatic heterocycles. The molecule has 0 saturated heterocycles. The van der Waals surface area contributed by atoms with E-state index >= 15 is 0 Å². The number of rotatable bonds is 4. The van der Waals surface area contributed by atoms with Gasteiger partial charge >= 0.3 is 0 Å². The maximum absolute atomic E-state index is 12.4. The van der Waals surface area contributed by atoms with E-state index in [9.17, 15) is 9.59 Å². The van der Waals surface area contributed by atoms with Gasteiger partial charge in [-0.3, -0.25) is 9.59 Å². The lowest BCUT2D eigenvalue weighted by Gasteiger charge is -2.12. The molecule has 3 N–H and O–H groups in total. The number of amides is 2. The number of anilines is 1. The number of para-hydroxylation sites is 1. The molecule has 25 heavy (non-hydrogen) atoms. The minimum absolute atomic E-state index is 0.254. The number of carbonyl (C=O) groups excluding carboxylic acids is 2. The van der Waals surface area contributed by atoms with Crippen LogP contribution in [0, 0.1) is 6.07 Å². The number of primary amides is 1. The normalized spacial score (nSPS) is 10.3. The van der Waals surface area contributed by atoms with E-state index in [2.05, 4.69) is 11.4 Å². The van der Waals surface area contributed by atoms with Gasteiger partial charge in [0.2, 0.25) is 5.91 Å². The fourth-order valence-electron chi connectivity index (χ4n) is 2.40. The highest BCUT2D eigenvalue weighted by atomic mass is 35.5. The van der Waals surface area contributed by atoms with E-state index in [1.165, 1.54) is 0 Å². The van der Waals surface area contributed by atoms with E-state index in [-0.39, 0.29) is 5.91 Å². The third-order valence-corrected chi connectivity index (χ3v) is 3.91. The molecule has 3 aromatic rings. The molecule has 0 aromatic heterocycles. The van der Waals surface area contributed by atoms with E-state index in [4.69, 9.17) is 17.3 Å². The second-order valence-electron chi connectivity index (χ2n) is 5.36. The SMILES string of the molecule is NC(=O)c1cc[c]c(-c2ccccc2NC(=O)c2ccc(Cl)cc2)c1. The Balaban J connectivity index is 1.93. The second kappa shape index (κ2) is 7.20. The van der Waals surface area contributed by atoms with Crippen LogP contribution in [0.25, 0.3) is 11.1 Å². The van der Waals surface area contributed by atoms with Crippen LogP contribution in [0.1, 0.15) is 20.7 Å². The van der Waals surface area contributed by atoms with Crippen LogP contribution in [0.3, 0.4) is 0 Å². The molecule has 3 rings (SSSR count). The molecule has 3 aromatic carbocycles. The molecule has 0 saturated carbocycles. The summed E-state index contributed by atoms with van der Waals surface area (Å²) in [5, 5.41) is 3.44. The Morgan fingerprint density at radius 3 is 2.40 bits per heavy atom. The van der Waals surface area contributed by atoms with Crippen molar-refractivity contribution in [1.29, 1.82) is 0 Å². The Hall–Kier alpha value is -3.11. The quantitative estimate of drug-likeness (QED) is 0.742. The van der Waals surface area contributed by atoms with Crippen molar-refractivity contribution < 1.29 is 9.59 Å². The van der Waals surface area contributed by atoms with Gasteiger partial charge in [-0.2, -0.15) is 0 Å². The Kier molecular flexibility index (Phi) is 4.82. The van der Waals surface area contributed by atoms with Gasteiger partial charge in [-0.15, -0.1) is 0 Å². The molecule has 2 amide bonds. The number of hydrogen-bond acceptors (Lipinski definition) is 2. The average molecular weight is 350 g/mol. The van der Waals surface area contributed by atoms with E-state index in [0.717, 1.165) is 5.56 Å². The summed E-state index contributed by atoms with van der Waals surface area (Å²) in [5.74, 6) is -0.770. The minimum atomic E-state index is -0.516. The van der Waals surface area contributed by atoms with Gasteiger partial charge in [0.25, 0.3) is 5.91 Å². The molecule has 0 fully saturated rings. The minimum Gasteiger partial charge on any atom is -0.366 e. The predicted octanol–water partition coefficient (Wildman–Crippen LogP) is 4.16. The van der Waals surface area contributed by atoms with Crippen molar-refractivity contribution in [2.24, 2.45) is 5.73 Å². The molecular weight excluding hydrogens is 336 g/mol. The first-order chi connectivity index (χ1) is 12.0. The number of nitrogens with two attached hydrogens (primary N) is 1.